The number of amides is 1. The molecule has 4 nitrogen and oxygen atoms in total. The molecule has 0 saturated heterocycles. The first-order valence-electron chi connectivity index (χ1n) is 8.72. The average Bonchev–Trinajstić information content (AvgIpc) is 2.66. The van der Waals surface area contributed by atoms with Crippen molar-refractivity contribution in [1.82, 2.24) is 4.98 Å². The molecule has 1 aliphatic rings. The van der Waals surface area contributed by atoms with Crippen LogP contribution in [-0.2, 0) is 12.8 Å². The van der Waals surface area contributed by atoms with Crippen LogP contribution in [0.4, 0.5) is 5.69 Å². The predicted octanol–water partition coefficient (Wildman–Crippen LogP) is 5.14. The number of hydrogen-bond donors (Lipinski definition) is 1. The van der Waals surface area contributed by atoms with Crippen LogP contribution in [0.25, 0.3) is 10.9 Å². The number of ether oxygens (including phenoxy) is 1. The maximum atomic E-state index is 13.2. The zero-order chi connectivity index (χ0) is 18.1. The number of aromatic nitrogens is 1. The lowest BCUT2D eigenvalue weighted by atomic mass is 9.89. The number of fused-ring (bicyclic) bond motifs is 2. The van der Waals surface area contributed by atoms with Gasteiger partial charge in [0.05, 0.1) is 18.2 Å². The highest BCUT2D eigenvalue weighted by atomic mass is 79.9. The summed E-state index contributed by atoms with van der Waals surface area (Å²) in [5.74, 6) is 0.678. The smallest absolute Gasteiger partial charge is 0.256 e. The Bertz CT molecular complexity index is 983. The number of rotatable bonds is 3. The summed E-state index contributed by atoms with van der Waals surface area (Å²) in [6.07, 6.45) is 4.05. The van der Waals surface area contributed by atoms with Gasteiger partial charge in [-0.15, -0.1) is 0 Å². The van der Waals surface area contributed by atoms with E-state index in [1.54, 1.807) is 7.11 Å². The number of carbonyl (C=O) groups excluding carboxylic acids is 1. The zero-order valence-corrected chi connectivity index (χ0v) is 16.1. The first kappa shape index (κ1) is 17.0. The molecule has 0 fully saturated rings. The van der Waals surface area contributed by atoms with Crippen molar-refractivity contribution in [2.24, 2.45) is 0 Å². The highest BCUT2D eigenvalue weighted by Gasteiger charge is 2.23. The van der Waals surface area contributed by atoms with Crippen molar-refractivity contribution in [1.29, 1.82) is 0 Å². The molecule has 1 aromatic heterocycles. The molecule has 0 aliphatic heterocycles. The SMILES string of the molecule is COc1ccc(NC(=O)c2c3c(nc4ccc(Br)cc24)CCCC3)cc1. The lowest BCUT2D eigenvalue weighted by Crippen LogP contribution is -2.19. The Kier molecular flexibility index (Phi) is 4.64. The number of methoxy groups -OCH3 is 1. The van der Waals surface area contributed by atoms with Crippen LogP contribution in [0.5, 0.6) is 5.75 Å². The van der Waals surface area contributed by atoms with E-state index < -0.39 is 0 Å². The van der Waals surface area contributed by atoms with Gasteiger partial charge in [-0.2, -0.15) is 0 Å². The van der Waals surface area contributed by atoms with Gasteiger partial charge in [0.15, 0.2) is 0 Å². The Morgan fingerprint density at radius 2 is 1.88 bits per heavy atom. The predicted molar refractivity (Wildman–Crippen MR) is 107 cm³/mol. The average molecular weight is 411 g/mol. The fourth-order valence-corrected chi connectivity index (χ4v) is 3.88. The molecule has 0 saturated carbocycles. The summed E-state index contributed by atoms with van der Waals surface area (Å²) < 4.78 is 6.12. The molecule has 2 aromatic carbocycles. The molecule has 0 atom stereocenters. The zero-order valence-electron chi connectivity index (χ0n) is 14.5. The minimum absolute atomic E-state index is 0.0844. The quantitative estimate of drug-likeness (QED) is 0.650. The van der Waals surface area contributed by atoms with Crippen molar-refractivity contribution < 1.29 is 9.53 Å². The molecule has 1 amide bonds. The Labute approximate surface area is 160 Å². The molecule has 1 N–H and O–H groups in total. The monoisotopic (exact) mass is 410 g/mol. The summed E-state index contributed by atoms with van der Waals surface area (Å²) in [6.45, 7) is 0. The van der Waals surface area contributed by atoms with E-state index >= 15 is 0 Å². The van der Waals surface area contributed by atoms with Crippen LogP contribution in [0, 0.1) is 0 Å². The van der Waals surface area contributed by atoms with Crippen LogP contribution in [0.15, 0.2) is 46.9 Å². The highest BCUT2D eigenvalue weighted by molar-refractivity contribution is 9.10. The van der Waals surface area contributed by atoms with E-state index in [0.717, 1.165) is 69.3 Å². The van der Waals surface area contributed by atoms with Crippen molar-refractivity contribution in [3.8, 4) is 5.75 Å². The van der Waals surface area contributed by atoms with Gasteiger partial charge in [-0.25, -0.2) is 0 Å². The largest absolute Gasteiger partial charge is 0.497 e. The summed E-state index contributed by atoms with van der Waals surface area (Å²) >= 11 is 3.52. The normalized spacial score (nSPS) is 13.3. The van der Waals surface area contributed by atoms with Crippen LogP contribution in [-0.4, -0.2) is 18.0 Å². The van der Waals surface area contributed by atoms with E-state index in [0.29, 0.717) is 0 Å². The molecule has 0 radical (unpaired) electrons. The third-order valence-electron chi connectivity index (χ3n) is 4.80. The van der Waals surface area contributed by atoms with Crippen LogP contribution in [0.3, 0.4) is 0 Å². The minimum atomic E-state index is -0.0844. The van der Waals surface area contributed by atoms with Gasteiger partial charge in [-0.3, -0.25) is 9.78 Å². The number of carbonyl (C=O) groups is 1. The molecular weight excluding hydrogens is 392 g/mol. The lowest BCUT2D eigenvalue weighted by molar-refractivity contribution is 0.102. The Balaban J connectivity index is 1.80. The summed E-state index contributed by atoms with van der Waals surface area (Å²) in [5.41, 5.74) is 4.52. The highest BCUT2D eigenvalue weighted by Crippen LogP contribution is 2.31. The number of pyridine rings is 1. The van der Waals surface area contributed by atoms with Gasteiger partial charge >= 0.3 is 0 Å². The van der Waals surface area contributed by atoms with Gasteiger partial charge in [0, 0.05) is 21.2 Å². The lowest BCUT2D eigenvalue weighted by Gasteiger charge is -2.20. The third kappa shape index (κ3) is 3.19. The van der Waals surface area contributed by atoms with E-state index in [1.165, 1.54) is 0 Å². The van der Waals surface area contributed by atoms with Gasteiger partial charge in [0.25, 0.3) is 5.91 Å². The van der Waals surface area contributed by atoms with E-state index in [4.69, 9.17) is 9.72 Å². The van der Waals surface area contributed by atoms with Crippen molar-refractivity contribution >= 4 is 38.4 Å². The van der Waals surface area contributed by atoms with Crippen LogP contribution >= 0.6 is 15.9 Å². The molecule has 1 heterocycles. The topological polar surface area (TPSA) is 51.2 Å². The van der Waals surface area contributed by atoms with E-state index in [-0.39, 0.29) is 5.91 Å². The summed E-state index contributed by atoms with van der Waals surface area (Å²) in [7, 11) is 1.63. The molecule has 0 unspecified atom stereocenters. The minimum Gasteiger partial charge on any atom is -0.497 e. The molecule has 4 rings (SSSR count). The second-order valence-corrected chi connectivity index (χ2v) is 7.38. The summed E-state index contributed by atoms with van der Waals surface area (Å²) in [6, 6.07) is 13.3. The van der Waals surface area contributed by atoms with Crippen molar-refractivity contribution in [3.05, 3.63) is 63.8 Å². The van der Waals surface area contributed by atoms with Crippen molar-refractivity contribution in [3.63, 3.8) is 0 Å². The molecule has 26 heavy (non-hydrogen) atoms. The number of nitrogens with zero attached hydrogens (tertiary/aromatic N) is 1. The first-order chi connectivity index (χ1) is 12.7. The fraction of sp³-hybridized carbons (Fsp3) is 0.238. The number of aryl methyl sites for hydroxylation is 1. The number of halogens is 1. The van der Waals surface area contributed by atoms with Crippen molar-refractivity contribution in [2.45, 2.75) is 25.7 Å². The van der Waals surface area contributed by atoms with Crippen molar-refractivity contribution in [2.75, 3.05) is 12.4 Å². The molecule has 3 aromatic rings. The van der Waals surface area contributed by atoms with Gasteiger partial charge < -0.3 is 10.1 Å². The molecule has 132 valence electrons. The van der Waals surface area contributed by atoms with Gasteiger partial charge in [0.2, 0.25) is 0 Å². The third-order valence-corrected chi connectivity index (χ3v) is 5.29. The van der Waals surface area contributed by atoms with E-state index in [9.17, 15) is 4.79 Å². The van der Waals surface area contributed by atoms with Crippen LogP contribution in [0.2, 0.25) is 0 Å². The van der Waals surface area contributed by atoms with Crippen LogP contribution in [0.1, 0.15) is 34.5 Å². The Hall–Kier alpha value is -2.40. The fourth-order valence-electron chi connectivity index (χ4n) is 3.52. The Morgan fingerprint density at radius 1 is 1.12 bits per heavy atom. The maximum Gasteiger partial charge on any atom is 0.256 e. The number of anilines is 1. The number of nitrogens with one attached hydrogen (secondary N) is 1. The molecule has 5 heteroatoms. The molecule has 0 bridgehead atoms. The summed E-state index contributed by atoms with van der Waals surface area (Å²) in [5, 5.41) is 3.93. The van der Waals surface area contributed by atoms with Gasteiger partial charge in [-0.1, -0.05) is 15.9 Å². The first-order valence-corrected chi connectivity index (χ1v) is 9.51. The molecule has 0 spiro atoms. The van der Waals surface area contributed by atoms with Gasteiger partial charge in [0.1, 0.15) is 5.75 Å². The van der Waals surface area contributed by atoms with E-state index in [2.05, 4.69) is 21.2 Å². The second-order valence-electron chi connectivity index (χ2n) is 6.46. The summed E-state index contributed by atoms with van der Waals surface area (Å²) in [4.78, 5) is 18.0. The maximum absolute atomic E-state index is 13.2. The molecular formula is C21H19BrN2O2. The molecule has 1 aliphatic carbocycles. The van der Waals surface area contributed by atoms with Gasteiger partial charge in [-0.05, 0) is 73.7 Å². The number of hydrogen-bond acceptors (Lipinski definition) is 3. The van der Waals surface area contributed by atoms with Crippen LogP contribution < -0.4 is 10.1 Å². The van der Waals surface area contributed by atoms with E-state index in [1.807, 2.05) is 42.5 Å². The Morgan fingerprint density at radius 3 is 2.65 bits per heavy atom. The standard InChI is InChI=1S/C21H19BrN2O2/c1-26-15-9-7-14(8-10-15)23-21(25)20-16-4-2-3-5-18(16)24-19-11-6-13(22)12-17(19)20/h6-12H,2-5H2,1H3,(H,23,25). The second kappa shape index (κ2) is 7.08. The number of benzene rings is 2.